The lowest BCUT2D eigenvalue weighted by Gasteiger charge is -2.06. The summed E-state index contributed by atoms with van der Waals surface area (Å²) in [6, 6.07) is 5.17. The number of thiazole rings is 1. The van der Waals surface area contributed by atoms with Gasteiger partial charge in [-0.3, -0.25) is 0 Å². The van der Waals surface area contributed by atoms with Crippen molar-refractivity contribution in [1.29, 1.82) is 0 Å². The van der Waals surface area contributed by atoms with Crippen molar-refractivity contribution in [3.8, 4) is 5.75 Å². The lowest BCUT2D eigenvalue weighted by Crippen LogP contribution is -2.01. The van der Waals surface area contributed by atoms with Crippen LogP contribution in [0.1, 0.15) is 9.88 Å². The first kappa shape index (κ1) is 13.6. The Balaban J connectivity index is 1.88. The summed E-state index contributed by atoms with van der Waals surface area (Å²) in [7, 11) is 0. The SMILES string of the molecule is NCc1cnc(CCOc2ccc(Cl)cc2Cl)s1. The minimum Gasteiger partial charge on any atom is -0.492 e. The van der Waals surface area contributed by atoms with Gasteiger partial charge in [-0.25, -0.2) is 4.98 Å². The van der Waals surface area contributed by atoms with Crippen molar-refractivity contribution in [2.24, 2.45) is 5.73 Å². The van der Waals surface area contributed by atoms with E-state index in [9.17, 15) is 0 Å². The smallest absolute Gasteiger partial charge is 0.138 e. The zero-order valence-electron chi connectivity index (χ0n) is 9.53. The van der Waals surface area contributed by atoms with Gasteiger partial charge >= 0.3 is 0 Å². The van der Waals surface area contributed by atoms with Crippen molar-refractivity contribution in [3.05, 3.63) is 44.3 Å². The molecule has 0 bridgehead atoms. The highest BCUT2D eigenvalue weighted by atomic mass is 35.5. The molecule has 0 aliphatic rings. The summed E-state index contributed by atoms with van der Waals surface area (Å²) in [6.07, 6.45) is 2.54. The maximum absolute atomic E-state index is 6.00. The summed E-state index contributed by atoms with van der Waals surface area (Å²) in [5.41, 5.74) is 5.53. The quantitative estimate of drug-likeness (QED) is 0.919. The first-order valence-electron chi connectivity index (χ1n) is 5.40. The Bertz CT molecular complexity index is 531. The van der Waals surface area contributed by atoms with Crippen molar-refractivity contribution in [1.82, 2.24) is 4.98 Å². The molecule has 0 unspecified atom stereocenters. The molecule has 18 heavy (non-hydrogen) atoms. The van der Waals surface area contributed by atoms with E-state index in [-0.39, 0.29) is 0 Å². The predicted molar refractivity (Wildman–Crippen MR) is 75.7 cm³/mol. The fourth-order valence-electron chi connectivity index (χ4n) is 1.40. The third-order valence-corrected chi connectivity index (χ3v) is 3.88. The molecule has 1 heterocycles. The van der Waals surface area contributed by atoms with Gasteiger partial charge in [-0.15, -0.1) is 11.3 Å². The number of ether oxygens (including phenoxy) is 1. The van der Waals surface area contributed by atoms with Crippen molar-refractivity contribution >= 4 is 34.5 Å². The molecule has 0 radical (unpaired) electrons. The minimum atomic E-state index is 0.518. The van der Waals surface area contributed by atoms with Gasteiger partial charge in [0.25, 0.3) is 0 Å². The third-order valence-electron chi connectivity index (χ3n) is 2.27. The molecule has 2 aromatic rings. The minimum absolute atomic E-state index is 0.518. The Morgan fingerprint density at radius 2 is 2.17 bits per heavy atom. The number of rotatable bonds is 5. The molecular formula is C12H12Cl2N2OS. The van der Waals surface area contributed by atoms with Crippen molar-refractivity contribution in [3.63, 3.8) is 0 Å². The number of nitrogens with two attached hydrogens (primary N) is 1. The van der Waals surface area contributed by atoms with Crippen LogP contribution in [0.15, 0.2) is 24.4 Å². The second-order valence-corrected chi connectivity index (χ2v) is 5.64. The van der Waals surface area contributed by atoms with E-state index in [2.05, 4.69) is 4.98 Å². The van der Waals surface area contributed by atoms with Gasteiger partial charge in [0.15, 0.2) is 0 Å². The average Bonchev–Trinajstić information content (AvgIpc) is 2.80. The number of hydrogen-bond donors (Lipinski definition) is 1. The Morgan fingerprint density at radius 1 is 1.33 bits per heavy atom. The Morgan fingerprint density at radius 3 is 2.83 bits per heavy atom. The lowest BCUT2D eigenvalue weighted by molar-refractivity contribution is 0.322. The Labute approximate surface area is 120 Å². The first-order chi connectivity index (χ1) is 8.69. The fraction of sp³-hybridized carbons (Fsp3) is 0.250. The molecule has 2 rings (SSSR count). The van der Waals surface area contributed by atoms with E-state index >= 15 is 0 Å². The number of benzene rings is 1. The van der Waals surface area contributed by atoms with Gasteiger partial charge in [0, 0.05) is 29.1 Å². The second-order valence-electron chi connectivity index (χ2n) is 3.60. The number of aromatic nitrogens is 1. The van der Waals surface area contributed by atoms with E-state index in [1.807, 2.05) is 0 Å². The van der Waals surface area contributed by atoms with Gasteiger partial charge in [0.1, 0.15) is 5.75 Å². The summed E-state index contributed by atoms with van der Waals surface area (Å²) in [6.45, 7) is 1.06. The molecule has 1 aromatic heterocycles. The molecule has 0 atom stereocenters. The molecule has 0 amide bonds. The predicted octanol–water partition coefficient (Wildman–Crippen LogP) is 3.53. The first-order valence-corrected chi connectivity index (χ1v) is 6.98. The van der Waals surface area contributed by atoms with E-state index in [1.165, 1.54) is 0 Å². The molecular weight excluding hydrogens is 291 g/mol. The Hall–Kier alpha value is -0.810. The monoisotopic (exact) mass is 302 g/mol. The molecule has 1 aromatic carbocycles. The summed E-state index contributed by atoms with van der Waals surface area (Å²) in [5.74, 6) is 0.636. The standard InChI is InChI=1S/C12H12Cl2N2OS/c13-8-1-2-11(10(14)5-8)17-4-3-12-16-7-9(6-15)18-12/h1-2,5,7H,3-4,6,15H2. The number of nitrogens with zero attached hydrogens (tertiary/aromatic N) is 1. The van der Waals surface area contributed by atoms with E-state index < -0.39 is 0 Å². The molecule has 0 aliphatic carbocycles. The molecule has 0 spiro atoms. The van der Waals surface area contributed by atoms with E-state index in [1.54, 1.807) is 35.7 Å². The topological polar surface area (TPSA) is 48.1 Å². The highest BCUT2D eigenvalue weighted by Crippen LogP contribution is 2.27. The molecule has 0 aliphatic heterocycles. The lowest BCUT2D eigenvalue weighted by atomic mass is 10.3. The van der Waals surface area contributed by atoms with Crippen molar-refractivity contribution in [2.45, 2.75) is 13.0 Å². The highest BCUT2D eigenvalue weighted by Gasteiger charge is 2.04. The summed E-state index contributed by atoms with van der Waals surface area (Å²) < 4.78 is 5.58. The third kappa shape index (κ3) is 3.59. The van der Waals surface area contributed by atoms with Crippen molar-refractivity contribution < 1.29 is 4.74 Å². The van der Waals surface area contributed by atoms with Gasteiger partial charge in [0.05, 0.1) is 16.6 Å². The van der Waals surface area contributed by atoms with Crippen LogP contribution in [-0.2, 0) is 13.0 Å². The number of hydrogen-bond acceptors (Lipinski definition) is 4. The van der Waals surface area contributed by atoms with Crippen LogP contribution in [-0.4, -0.2) is 11.6 Å². The fourth-order valence-corrected chi connectivity index (χ4v) is 2.64. The van der Waals surface area contributed by atoms with Gasteiger partial charge in [-0.2, -0.15) is 0 Å². The Kier molecular flexibility index (Phi) is 4.83. The van der Waals surface area contributed by atoms with Crippen LogP contribution in [0.3, 0.4) is 0 Å². The highest BCUT2D eigenvalue weighted by molar-refractivity contribution is 7.11. The molecule has 6 heteroatoms. The second kappa shape index (κ2) is 6.38. The molecule has 0 saturated heterocycles. The van der Waals surface area contributed by atoms with E-state index in [0.717, 1.165) is 16.3 Å². The summed E-state index contributed by atoms with van der Waals surface area (Å²) in [4.78, 5) is 5.34. The average molecular weight is 303 g/mol. The molecule has 0 fully saturated rings. The largest absolute Gasteiger partial charge is 0.492 e. The van der Waals surface area contributed by atoms with Crippen LogP contribution in [0.5, 0.6) is 5.75 Å². The van der Waals surface area contributed by atoms with Crippen LogP contribution in [0.25, 0.3) is 0 Å². The molecule has 96 valence electrons. The van der Waals surface area contributed by atoms with Crippen LogP contribution in [0.2, 0.25) is 10.0 Å². The van der Waals surface area contributed by atoms with Gasteiger partial charge in [0.2, 0.25) is 0 Å². The van der Waals surface area contributed by atoms with Crippen LogP contribution < -0.4 is 10.5 Å². The summed E-state index contributed by atoms with van der Waals surface area (Å²) in [5, 5.41) is 2.13. The van der Waals surface area contributed by atoms with E-state index in [4.69, 9.17) is 33.7 Å². The molecule has 0 saturated carbocycles. The van der Waals surface area contributed by atoms with Crippen molar-refractivity contribution in [2.75, 3.05) is 6.61 Å². The molecule has 2 N–H and O–H groups in total. The van der Waals surface area contributed by atoms with Gasteiger partial charge < -0.3 is 10.5 Å². The maximum Gasteiger partial charge on any atom is 0.138 e. The van der Waals surface area contributed by atoms with Gasteiger partial charge in [-0.1, -0.05) is 23.2 Å². The van der Waals surface area contributed by atoms with Gasteiger partial charge in [-0.05, 0) is 18.2 Å². The summed E-state index contributed by atoms with van der Waals surface area (Å²) >= 11 is 13.4. The van der Waals surface area contributed by atoms with Crippen LogP contribution >= 0.6 is 34.5 Å². The zero-order chi connectivity index (χ0) is 13.0. The normalized spacial score (nSPS) is 10.6. The van der Waals surface area contributed by atoms with Crippen LogP contribution in [0, 0.1) is 0 Å². The maximum atomic E-state index is 6.00. The molecule has 3 nitrogen and oxygen atoms in total. The number of halogens is 2. The van der Waals surface area contributed by atoms with E-state index in [0.29, 0.717) is 28.9 Å². The van der Waals surface area contributed by atoms with Crippen LogP contribution in [0.4, 0.5) is 0 Å². The zero-order valence-corrected chi connectivity index (χ0v) is 11.9.